The van der Waals surface area contributed by atoms with Crippen LogP contribution in [0.15, 0.2) is 12.4 Å². The van der Waals surface area contributed by atoms with E-state index in [4.69, 9.17) is 23.2 Å². The molecule has 0 aliphatic heterocycles. The molecule has 0 saturated heterocycles. The molecule has 1 N–H and O–H groups in total. The first-order valence-corrected chi connectivity index (χ1v) is 7.71. The summed E-state index contributed by atoms with van der Waals surface area (Å²) in [5, 5.41) is 7.50. The first-order chi connectivity index (χ1) is 9.15. The van der Waals surface area contributed by atoms with Crippen molar-refractivity contribution in [1.82, 2.24) is 20.1 Å². The van der Waals surface area contributed by atoms with Gasteiger partial charge in [-0.2, -0.15) is 5.10 Å². The second-order valence-corrected chi connectivity index (χ2v) is 6.51. The molecule has 1 atom stereocenters. The minimum absolute atomic E-state index is 0.0936. The number of hydrogen-bond acceptors (Lipinski definition) is 4. The number of nitrogens with one attached hydrogen (secondary N) is 1. The number of aromatic nitrogens is 3. The number of likely N-dealkylation sites (N-methyl/N-ethyl adjacent to an activating group) is 1. The number of rotatable bonds is 6. The first kappa shape index (κ1) is 14.8. The summed E-state index contributed by atoms with van der Waals surface area (Å²) in [5.41, 5.74) is 1.02. The van der Waals surface area contributed by atoms with Gasteiger partial charge >= 0.3 is 0 Å². The smallest absolute Gasteiger partial charge is 0.138 e. The molecule has 2 aromatic rings. The largest absolute Gasteiger partial charge is 0.313 e. The van der Waals surface area contributed by atoms with Gasteiger partial charge in [0.15, 0.2) is 0 Å². The van der Waals surface area contributed by atoms with Gasteiger partial charge in [-0.05, 0) is 19.5 Å². The Balaban J connectivity index is 2.19. The maximum absolute atomic E-state index is 6.21. The zero-order valence-electron chi connectivity index (χ0n) is 10.9. The first-order valence-electron chi connectivity index (χ1n) is 6.14. The van der Waals surface area contributed by atoms with E-state index in [2.05, 4.69) is 22.3 Å². The molecule has 7 heteroatoms. The lowest BCUT2D eigenvalue weighted by Crippen LogP contribution is -2.21. The van der Waals surface area contributed by atoms with Crippen LogP contribution in [0.2, 0.25) is 8.67 Å². The fourth-order valence-corrected chi connectivity index (χ4v) is 3.56. The molecule has 0 fully saturated rings. The molecule has 0 amide bonds. The molecule has 2 rings (SSSR count). The summed E-state index contributed by atoms with van der Waals surface area (Å²) in [6.45, 7) is 3.00. The molecule has 0 spiro atoms. The van der Waals surface area contributed by atoms with E-state index in [-0.39, 0.29) is 6.04 Å². The van der Waals surface area contributed by atoms with Crippen LogP contribution in [0, 0.1) is 0 Å². The van der Waals surface area contributed by atoms with E-state index in [1.165, 1.54) is 11.3 Å². The van der Waals surface area contributed by atoms with Crippen LogP contribution < -0.4 is 5.32 Å². The van der Waals surface area contributed by atoms with Crippen molar-refractivity contribution >= 4 is 34.5 Å². The zero-order chi connectivity index (χ0) is 13.8. The van der Waals surface area contributed by atoms with Crippen molar-refractivity contribution < 1.29 is 0 Å². The van der Waals surface area contributed by atoms with Crippen molar-refractivity contribution in [1.29, 1.82) is 0 Å². The molecular formula is C12H16Cl2N4S. The van der Waals surface area contributed by atoms with Crippen LogP contribution in [0.4, 0.5) is 0 Å². The quantitative estimate of drug-likeness (QED) is 0.885. The van der Waals surface area contributed by atoms with Crippen LogP contribution in [0.5, 0.6) is 0 Å². The average molecular weight is 319 g/mol. The molecule has 2 aromatic heterocycles. The Labute approximate surface area is 126 Å². The number of halogens is 2. The fourth-order valence-electron chi connectivity index (χ4n) is 1.99. The van der Waals surface area contributed by atoms with Gasteiger partial charge in [-0.25, -0.2) is 4.98 Å². The topological polar surface area (TPSA) is 42.7 Å². The van der Waals surface area contributed by atoms with Crippen LogP contribution >= 0.6 is 34.5 Å². The molecule has 0 bridgehead atoms. The highest BCUT2D eigenvalue weighted by Crippen LogP contribution is 2.35. The SMILES string of the molecule is CCCn1ncnc1CC(NC)c1cc(Cl)sc1Cl. The zero-order valence-corrected chi connectivity index (χ0v) is 13.2. The Bertz CT molecular complexity index is 538. The van der Waals surface area contributed by atoms with Crippen molar-refractivity contribution in [3.63, 3.8) is 0 Å². The lowest BCUT2D eigenvalue weighted by molar-refractivity contribution is 0.518. The molecule has 0 saturated carbocycles. The van der Waals surface area contributed by atoms with Crippen molar-refractivity contribution in [3.05, 3.63) is 32.5 Å². The van der Waals surface area contributed by atoms with E-state index >= 15 is 0 Å². The Morgan fingerprint density at radius 1 is 1.47 bits per heavy atom. The maximum Gasteiger partial charge on any atom is 0.138 e. The highest BCUT2D eigenvalue weighted by atomic mass is 35.5. The fraction of sp³-hybridized carbons (Fsp3) is 0.500. The summed E-state index contributed by atoms with van der Waals surface area (Å²) in [7, 11) is 1.91. The summed E-state index contributed by atoms with van der Waals surface area (Å²) in [5.74, 6) is 0.958. The van der Waals surface area contributed by atoms with E-state index < -0.39 is 0 Å². The van der Waals surface area contributed by atoms with Gasteiger partial charge in [-0.3, -0.25) is 4.68 Å². The molecule has 2 heterocycles. The third kappa shape index (κ3) is 3.48. The van der Waals surface area contributed by atoms with E-state index in [1.807, 2.05) is 17.8 Å². The maximum atomic E-state index is 6.21. The highest BCUT2D eigenvalue weighted by molar-refractivity contribution is 7.20. The van der Waals surface area contributed by atoms with E-state index in [1.54, 1.807) is 6.33 Å². The van der Waals surface area contributed by atoms with Gasteiger partial charge in [0.1, 0.15) is 12.2 Å². The molecule has 1 unspecified atom stereocenters. The predicted molar refractivity (Wildman–Crippen MR) is 80.2 cm³/mol. The summed E-state index contributed by atoms with van der Waals surface area (Å²) in [4.78, 5) is 4.32. The molecule has 0 aliphatic rings. The molecule has 104 valence electrons. The van der Waals surface area contributed by atoms with Crippen molar-refractivity contribution in [2.45, 2.75) is 32.4 Å². The monoisotopic (exact) mass is 318 g/mol. The molecular weight excluding hydrogens is 303 g/mol. The third-order valence-electron chi connectivity index (χ3n) is 2.92. The Morgan fingerprint density at radius 3 is 2.84 bits per heavy atom. The van der Waals surface area contributed by atoms with Gasteiger partial charge < -0.3 is 5.32 Å². The van der Waals surface area contributed by atoms with E-state index in [0.29, 0.717) is 4.34 Å². The lowest BCUT2D eigenvalue weighted by Gasteiger charge is -2.15. The minimum atomic E-state index is 0.0936. The van der Waals surface area contributed by atoms with Crippen molar-refractivity contribution in [2.24, 2.45) is 0 Å². The van der Waals surface area contributed by atoms with Crippen molar-refractivity contribution in [2.75, 3.05) is 7.05 Å². The van der Waals surface area contributed by atoms with Crippen LogP contribution in [0.25, 0.3) is 0 Å². The van der Waals surface area contributed by atoms with Gasteiger partial charge in [0, 0.05) is 24.6 Å². The standard InChI is InChI=1S/C12H16Cl2N4S/c1-3-4-18-11(16-7-17-18)6-9(15-2)8-5-10(13)19-12(8)14/h5,7,9,15H,3-4,6H2,1-2H3. The van der Waals surface area contributed by atoms with Crippen LogP contribution in [0.1, 0.15) is 30.8 Å². The van der Waals surface area contributed by atoms with Gasteiger partial charge in [-0.15, -0.1) is 11.3 Å². The molecule has 4 nitrogen and oxygen atoms in total. The Kier molecular flexibility index (Phi) is 5.21. The van der Waals surface area contributed by atoms with Gasteiger partial charge in [0.2, 0.25) is 0 Å². The second-order valence-electron chi connectivity index (χ2n) is 4.22. The summed E-state index contributed by atoms with van der Waals surface area (Å²) in [6, 6.07) is 2.01. The summed E-state index contributed by atoms with van der Waals surface area (Å²) < 4.78 is 3.37. The number of nitrogens with zero attached hydrogens (tertiary/aromatic N) is 3. The Morgan fingerprint density at radius 2 is 2.26 bits per heavy atom. The average Bonchev–Trinajstić information content (AvgIpc) is 2.94. The number of thiophene rings is 1. The van der Waals surface area contributed by atoms with Crippen LogP contribution in [0.3, 0.4) is 0 Å². The normalized spacial score (nSPS) is 12.8. The number of aryl methyl sites for hydroxylation is 1. The summed E-state index contributed by atoms with van der Waals surface area (Å²) >= 11 is 13.6. The molecule has 19 heavy (non-hydrogen) atoms. The van der Waals surface area contributed by atoms with Gasteiger partial charge in [-0.1, -0.05) is 30.1 Å². The molecule has 0 aliphatic carbocycles. The lowest BCUT2D eigenvalue weighted by atomic mass is 10.1. The minimum Gasteiger partial charge on any atom is -0.313 e. The Hall–Kier alpha value is -0.620. The second kappa shape index (κ2) is 6.70. The van der Waals surface area contributed by atoms with E-state index in [9.17, 15) is 0 Å². The summed E-state index contributed by atoms with van der Waals surface area (Å²) in [6.07, 6.45) is 3.37. The molecule has 0 aromatic carbocycles. The van der Waals surface area contributed by atoms with E-state index in [0.717, 1.165) is 35.1 Å². The highest BCUT2D eigenvalue weighted by Gasteiger charge is 2.19. The van der Waals surface area contributed by atoms with Crippen LogP contribution in [-0.2, 0) is 13.0 Å². The van der Waals surface area contributed by atoms with Gasteiger partial charge in [0.25, 0.3) is 0 Å². The third-order valence-corrected chi connectivity index (χ3v) is 4.44. The van der Waals surface area contributed by atoms with Crippen LogP contribution in [-0.4, -0.2) is 21.8 Å². The van der Waals surface area contributed by atoms with Gasteiger partial charge in [0.05, 0.1) is 8.67 Å². The molecule has 0 radical (unpaired) electrons. The number of hydrogen-bond donors (Lipinski definition) is 1. The van der Waals surface area contributed by atoms with Crippen molar-refractivity contribution in [3.8, 4) is 0 Å². The predicted octanol–water partition coefficient (Wildman–Crippen LogP) is 3.56.